The Balaban J connectivity index is 1.37. The van der Waals surface area contributed by atoms with Crippen LogP contribution in [0, 0.1) is 0 Å². The first-order chi connectivity index (χ1) is 13.3. The Hall–Kier alpha value is -2.26. The van der Waals surface area contributed by atoms with Crippen LogP contribution in [0.1, 0.15) is 45.4 Å². The second-order valence-corrected chi connectivity index (χ2v) is 8.22. The van der Waals surface area contributed by atoms with Gasteiger partial charge in [0.1, 0.15) is 5.75 Å². The number of aromatic amines is 1. The monoisotopic (exact) mass is 377 g/mol. The molecule has 27 heavy (non-hydrogen) atoms. The van der Waals surface area contributed by atoms with Crippen molar-refractivity contribution in [2.24, 2.45) is 0 Å². The van der Waals surface area contributed by atoms with Crippen molar-refractivity contribution in [1.29, 1.82) is 0 Å². The van der Waals surface area contributed by atoms with Gasteiger partial charge in [0.25, 0.3) is 0 Å². The molecule has 2 aromatic carbocycles. The van der Waals surface area contributed by atoms with E-state index >= 15 is 0 Å². The maximum Gasteiger partial charge on any atom is 0.119 e. The molecule has 2 nitrogen and oxygen atoms in total. The molecule has 0 aliphatic carbocycles. The third-order valence-corrected chi connectivity index (χ3v) is 6.30. The highest BCUT2D eigenvalue weighted by Crippen LogP contribution is 2.38. The highest BCUT2D eigenvalue weighted by atomic mass is 32.1. The number of nitrogens with one attached hydrogen (secondary N) is 1. The number of unbranched alkanes of at least 4 members (excludes halogenated alkanes) is 5. The van der Waals surface area contributed by atoms with Crippen molar-refractivity contribution in [2.45, 2.75) is 45.4 Å². The fourth-order valence-corrected chi connectivity index (χ4v) is 4.71. The summed E-state index contributed by atoms with van der Waals surface area (Å²) in [5.74, 6) is 0.972. The molecule has 0 fully saturated rings. The van der Waals surface area contributed by atoms with Gasteiger partial charge in [-0.2, -0.15) is 0 Å². The largest absolute Gasteiger partial charge is 0.494 e. The number of hydrogen-bond acceptors (Lipinski definition) is 2. The van der Waals surface area contributed by atoms with Crippen molar-refractivity contribution in [3.8, 4) is 16.2 Å². The Morgan fingerprint density at radius 1 is 0.852 bits per heavy atom. The molecule has 0 atom stereocenters. The van der Waals surface area contributed by atoms with Crippen LogP contribution >= 0.6 is 11.3 Å². The summed E-state index contributed by atoms with van der Waals surface area (Å²) in [6.07, 6.45) is 7.77. The first-order valence-electron chi connectivity index (χ1n) is 10.1. The Bertz CT molecular complexity index is 996. The SMILES string of the molecule is CCCCCCCCOc1ccc(-c2cc3[nH]c4ccccc4c3s2)cc1. The van der Waals surface area contributed by atoms with Crippen LogP contribution in [0.4, 0.5) is 0 Å². The molecule has 2 heterocycles. The van der Waals surface area contributed by atoms with E-state index < -0.39 is 0 Å². The van der Waals surface area contributed by atoms with Crippen molar-refractivity contribution >= 4 is 32.5 Å². The molecular formula is C24H27NOS. The lowest BCUT2D eigenvalue weighted by Crippen LogP contribution is -1.97. The normalized spacial score (nSPS) is 11.4. The fraction of sp³-hybridized carbons (Fsp3) is 0.333. The van der Waals surface area contributed by atoms with E-state index in [2.05, 4.69) is 66.5 Å². The van der Waals surface area contributed by atoms with Crippen LogP contribution in [0.25, 0.3) is 31.6 Å². The molecule has 2 aromatic heterocycles. The average Bonchev–Trinajstić information content (AvgIpc) is 3.26. The van der Waals surface area contributed by atoms with E-state index in [4.69, 9.17) is 4.74 Å². The van der Waals surface area contributed by atoms with Crippen molar-refractivity contribution in [3.05, 3.63) is 54.6 Å². The minimum atomic E-state index is 0.819. The van der Waals surface area contributed by atoms with Gasteiger partial charge < -0.3 is 9.72 Å². The molecule has 140 valence electrons. The molecule has 4 rings (SSSR count). The van der Waals surface area contributed by atoms with Crippen LogP contribution in [-0.4, -0.2) is 11.6 Å². The number of rotatable bonds is 9. The molecule has 0 amide bonds. The predicted molar refractivity (Wildman–Crippen MR) is 118 cm³/mol. The van der Waals surface area contributed by atoms with Crippen molar-refractivity contribution in [1.82, 2.24) is 4.98 Å². The first-order valence-corrected chi connectivity index (χ1v) is 10.9. The van der Waals surface area contributed by atoms with Crippen LogP contribution < -0.4 is 4.74 Å². The Kier molecular flexibility index (Phi) is 5.78. The van der Waals surface area contributed by atoms with Crippen LogP contribution in [0.15, 0.2) is 54.6 Å². The van der Waals surface area contributed by atoms with Gasteiger partial charge in [0.05, 0.1) is 16.8 Å². The van der Waals surface area contributed by atoms with Crippen molar-refractivity contribution in [3.63, 3.8) is 0 Å². The molecule has 0 saturated heterocycles. The Morgan fingerprint density at radius 2 is 1.63 bits per heavy atom. The van der Waals surface area contributed by atoms with Gasteiger partial charge in [0.15, 0.2) is 0 Å². The third-order valence-electron chi connectivity index (χ3n) is 5.08. The zero-order valence-electron chi connectivity index (χ0n) is 16.0. The maximum absolute atomic E-state index is 5.90. The van der Waals surface area contributed by atoms with E-state index in [-0.39, 0.29) is 0 Å². The second-order valence-electron chi connectivity index (χ2n) is 7.16. The van der Waals surface area contributed by atoms with E-state index in [1.807, 2.05) is 11.3 Å². The van der Waals surface area contributed by atoms with Crippen LogP contribution in [-0.2, 0) is 0 Å². The number of fused-ring (bicyclic) bond motifs is 3. The van der Waals surface area contributed by atoms with Crippen LogP contribution in [0.3, 0.4) is 0 Å². The summed E-state index contributed by atoms with van der Waals surface area (Å²) in [7, 11) is 0. The van der Waals surface area contributed by atoms with E-state index in [0.29, 0.717) is 0 Å². The standard InChI is InChI=1S/C24H27NOS/c1-2-3-4-5-6-9-16-26-19-14-12-18(13-15-19)23-17-22-24(27-23)20-10-7-8-11-21(20)25-22/h7-8,10-15,17,25H,2-6,9,16H2,1H3. The molecule has 0 bridgehead atoms. The smallest absolute Gasteiger partial charge is 0.119 e. The van der Waals surface area contributed by atoms with Gasteiger partial charge in [-0.25, -0.2) is 0 Å². The summed E-state index contributed by atoms with van der Waals surface area (Å²) in [5.41, 5.74) is 3.68. The maximum atomic E-state index is 5.90. The number of hydrogen-bond donors (Lipinski definition) is 1. The lowest BCUT2D eigenvalue weighted by molar-refractivity contribution is 0.304. The molecule has 0 saturated carbocycles. The average molecular weight is 378 g/mol. The zero-order chi connectivity index (χ0) is 18.5. The first kappa shape index (κ1) is 18.1. The van der Waals surface area contributed by atoms with Gasteiger partial charge >= 0.3 is 0 Å². The molecule has 0 radical (unpaired) electrons. The van der Waals surface area contributed by atoms with Crippen molar-refractivity contribution < 1.29 is 4.74 Å². The molecule has 1 N–H and O–H groups in total. The van der Waals surface area contributed by atoms with Crippen LogP contribution in [0.2, 0.25) is 0 Å². The zero-order valence-corrected chi connectivity index (χ0v) is 16.8. The number of thiophene rings is 1. The van der Waals surface area contributed by atoms with Crippen LogP contribution in [0.5, 0.6) is 5.75 Å². The quantitative estimate of drug-likeness (QED) is 0.296. The lowest BCUT2D eigenvalue weighted by Gasteiger charge is -2.07. The highest BCUT2D eigenvalue weighted by Gasteiger charge is 2.10. The van der Waals surface area contributed by atoms with Gasteiger partial charge in [0, 0.05) is 15.8 Å². The number of ether oxygens (including phenoxy) is 1. The summed E-state index contributed by atoms with van der Waals surface area (Å²) in [6.45, 7) is 3.07. The number of benzene rings is 2. The number of aromatic nitrogens is 1. The third kappa shape index (κ3) is 4.19. The van der Waals surface area contributed by atoms with Gasteiger partial charge in [-0.05, 0) is 48.4 Å². The highest BCUT2D eigenvalue weighted by molar-refractivity contribution is 7.23. The second kappa shape index (κ2) is 8.62. The molecule has 0 aliphatic rings. The minimum Gasteiger partial charge on any atom is -0.494 e. The topological polar surface area (TPSA) is 25.0 Å². The van der Waals surface area contributed by atoms with Gasteiger partial charge in [-0.1, -0.05) is 57.2 Å². The Labute approximate surface area is 165 Å². The van der Waals surface area contributed by atoms with Gasteiger partial charge in [-0.15, -0.1) is 11.3 Å². The van der Waals surface area contributed by atoms with E-state index in [9.17, 15) is 0 Å². The summed E-state index contributed by atoms with van der Waals surface area (Å²) >= 11 is 1.85. The molecule has 3 heteroatoms. The lowest BCUT2D eigenvalue weighted by atomic mass is 10.1. The van der Waals surface area contributed by atoms with E-state index in [1.54, 1.807) is 0 Å². The molecule has 4 aromatic rings. The van der Waals surface area contributed by atoms with Gasteiger partial charge in [-0.3, -0.25) is 0 Å². The summed E-state index contributed by atoms with van der Waals surface area (Å²) in [4.78, 5) is 4.81. The minimum absolute atomic E-state index is 0.819. The number of para-hydroxylation sites is 1. The summed E-state index contributed by atoms with van der Waals surface area (Å²) < 4.78 is 7.24. The molecule has 0 aliphatic heterocycles. The van der Waals surface area contributed by atoms with E-state index in [1.165, 1.54) is 63.7 Å². The van der Waals surface area contributed by atoms with E-state index in [0.717, 1.165) is 18.8 Å². The van der Waals surface area contributed by atoms with Gasteiger partial charge in [0.2, 0.25) is 0 Å². The Morgan fingerprint density at radius 3 is 2.48 bits per heavy atom. The fourth-order valence-electron chi connectivity index (χ4n) is 3.55. The molecule has 0 unspecified atom stereocenters. The summed E-state index contributed by atoms with van der Waals surface area (Å²) in [6, 6.07) is 19.3. The summed E-state index contributed by atoms with van der Waals surface area (Å²) in [5, 5.41) is 1.31. The van der Waals surface area contributed by atoms with Crippen molar-refractivity contribution in [2.75, 3.05) is 6.61 Å². The number of H-pyrrole nitrogens is 1. The molecular weight excluding hydrogens is 350 g/mol. The molecule has 0 spiro atoms. The predicted octanol–water partition coefficient (Wildman–Crippen LogP) is 7.79.